The van der Waals surface area contributed by atoms with Gasteiger partial charge in [0.25, 0.3) is 5.91 Å². The summed E-state index contributed by atoms with van der Waals surface area (Å²) in [6, 6.07) is 20.3. The number of aryl methyl sites for hydroxylation is 2. The zero-order valence-corrected chi connectivity index (χ0v) is 16.8. The van der Waals surface area contributed by atoms with Gasteiger partial charge in [-0.25, -0.2) is 9.18 Å². The fourth-order valence-corrected chi connectivity index (χ4v) is 2.90. The summed E-state index contributed by atoms with van der Waals surface area (Å²) in [5, 5.41) is 2.85. The van der Waals surface area contributed by atoms with Crippen LogP contribution in [0.4, 0.5) is 10.1 Å². The fourth-order valence-electron chi connectivity index (χ4n) is 2.90. The molecule has 152 valence electrons. The van der Waals surface area contributed by atoms with Crippen LogP contribution in [0.5, 0.6) is 0 Å². The molecule has 0 saturated heterocycles. The molecule has 1 amide bonds. The van der Waals surface area contributed by atoms with Crippen LogP contribution in [-0.2, 0) is 14.3 Å². The Morgan fingerprint density at radius 1 is 0.967 bits per heavy atom. The molecule has 0 spiro atoms. The Kier molecular flexibility index (Phi) is 6.75. The van der Waals surface area contributed by atoms with Gasteiger partial charge in [0.05, 0.1) is 0 Å². The maximum absolute atomic E-state index is 13.3. The molecule has 3 aromatic rings. The number of rotatable bonds is 6. The van der Waals surface area contributed by atoms with E-state index in [9.17, 15) is 14.0 Å². The number of halogens is 1. The van der Waals surface area contributed by atoms with Crippen LogP contribution in [0.25, 0.3) is 6.08 Å². The summed E-state index contributed by atoms with van der Waals surface area (Å²) < 4.78 is 18.8. The first-order valence-corrected chi connectivity index (χ1v) is 9.50. The van der Waals surface area contributed by atoms with Crippen LogP contribution in [0.2, 0.25) is 0 Å². The van der Waals surface area contributed by atoms with E-state index < -0.39 is 23.8 Å². The number of carbonyl (C=O) groups excluding carboxylic acids is 2. The maximum Gasteiger partial charge on any atom is 0.331 e. The quantitative estimate of drug-likeness (QED) is 0.444. The third-order valence-electron chi connectivity index (χ3n) is 4.49. The van der Waals surface area contributed by atoms with E-state index in [0.717, 1.165) is 11.1 Å². The Bertz CT molecular complexity index is 1080. The van der Waals surface area contributed by atoms with Crippen LogP contribution in [-0.4, -0.2) is 11.9 Å². The molecule has 0 aliphatic carbocycles. The van der Waals surface area contributed by atoms with E-state index in [0.29, 0.717) is 16.8 Å². The summed E-state index contributed by atoms with van der Waals surface area (Å²) in [4.78, 5) is 25.3. The zero-order valence-electron chi connectivity index (χ0n) is 16.8. The lowest BCUT2D eigenvalue weighted by molar-refractivity contribution is -0.149. The summed E-state index contributed by atoms with van der Waals surface area (Å²) in [7, 11) is 0. The smallest absolute Gasteiger partial charge is 0.331 e. The molecule has 0 aliphatic heterocycles. The van der Waals surface area contributed by atoms with E-state index in [1.807, 2.05) is 38.1 Å². The highest BCUT2D eigenvalue weighted by atomic mass is 19.1. The van der Waals surface area contributed by atoms with Crippen molar-refractivity contribution in [3.63, 3.8) is 0 Å². The molecule has 0 heterocycles. The van der Waals surface area contributed by atoms with Crippen LogP contribution < -0.4 is 5.32 Å². The second-order valence-electron chi connectivity index (χ2n) is 6.92. The molecule has 0 radical (unpaired) electrons. The van der Waals surface area contributed by atoms with Gasteiger partial charge in [-0.05, 0) is 54.8 Å². The Morgan fingerprint density at radius 2 is 1.73 bits per heavy atom. The van der Waals surface area contributed by atoms with Crippen molar-refractivity contribution in [2.75, 3.05) is 5.32 Å². The number of anilines is 1. The Hall–Kier alpha value is -3.73. The Morgan fingerprint density at radius 3 is 2.47 bits per heavy atom. The van der Waals surface area contributed by atoms with E-state index >= 15 is 0 Å². The van der Waals surface area contributed by atoms with Crippen molar-refractivity contribution >= 4 is 23.6 Å². The van der Waals surface area contributed by atoms with Crippen molar-refractivity contribution in [1.82, 2.24) is 0 Å². The number of amides is 1. The maximum atomic E-state index is 13.3. The molecule has 1 atom stereocenters. The minimum atomic E-state index is -1.13. The van der Waals surface area contributed by atoms with Gasteiger partial charge in [-0.3, -0.25) is 4.79 Å². The van der Waals surface area contributed by atoms with Gasteiger partial charge < -0.3 is 10.1 Å². The van der Waals surface area contributed by atoms with Gasteiger partial charge in [0, 0.05) is 17.3 Å². The minimum Gasteiger partial charge on any atom is -0.444 e. The summed E-state index contributed by atoms with van der Waals surface area (Å²) >= 11 is 0. The van der Waals surface area contributed by atoms with Gasteiger partial charge in [0.2, 0.25) is 6.10 Å². The zero-order chi connectivity index (χ0) is 21.5. The SMILES string of the molecule is Cc1ccc(C)c(NC(=O)[C@@H](OC(=O)/C=C/c2cccc(F)c2)c2ccccc2)c1. The molecule has 0 aromatic heterocycles. The highest BCUT2D eigenvalue weighted by Crippen LogP contribution is 2.23. The molecule has 3 rings (SSSR count). The van der Waals surface area contributed by atoms with Crippen LogP contribution >= 0.6 is 0 Å². The molecular formula is C25H22FNO3. The molecule has 0 aliphatic rings. The van der Waals surface area contributed by atoms with Gasteiger partial charge in [-0.15, -0.1) is 0 Å². The molecule has 3 aromatic carbocycles. The predicted molar refractivity (Wildman–Crippen MR) is 115 cm³/mol. The van der Waals surface area contributed by atoms with Crippen LogP contribution in [0.1, 0.15) is 28.4 Å². The molecular weight excluding hydrogens is 381 g/mol. The molecule has 0 bridgehead atoms. The summed E-state index contributed by atoms with van der Waals surface area (Å²) in [6.07, 6.45) is 1.49. The number of hydrogen-bond donors (Lipinski definition) is 1. The van der Waals surface area contributed by atoms with Crippen LogP contribution in [0, 0.1) is 19.7 Å². The molecule has 1 N–H and O–H groups in total. The second-order valence-corrected chi connectivity index (χ2v) is 6.92. The van der Waals surface area contributed by atoms with E-state index in [1.54, 1.807) is 36.4 Å². The number of benzene rings is 3. The fraction of sp³-hybridized carbons (Fsp3) is 0.120. The lowest BCUT2D eigenvalue weighted by Gasteiger charge is -2.18. The second kappa shape index (κ2) is 9.65. The molecule has 5 heteroatoms. The minimum absolute atomic E-state index is 0.402. The van der Waals surface area contributed by atoms with Crippen LogP contribution in [0.3, 0.4) is 0 Å². The van der Waals surface area contributed by atoms with Gasteiger partial charge >= 0.3 is 5.97 Å². The van der Waals surface area contributed by atoms with Crippen molar-refractivity contribution < 1.29 is 18.7 Å². The Balaban J connectivity index is 1.79. The van der Waals surface area contributed by atoms with Gasteiger partial charge in [0.15, 0.2) is 0 Å². The first-order valence-electron chi connectivity index (χ1n) is 9.50. The largest absolute Gasteiger partial charge is 0.444 e. The molecule has 0 saturated carbocycles. The first kappa shape index (κ1) is 21.0. The third-order valence-corrected chi connectivity index (χ3v) is 4.49. The average molecular weight is 403 g/mol. The topological polar surface area (TPSA) is 55.4 Å². The van der Waals surface area contributed by atoms with Crippen molar-refractivity contribution in [3.05, 3.63) is 107 Å². The number of esters is 1. The van der Waals surface area contributed by atoms with Gasteiger partial charge in [-0.1, -0.05) is 54.6 Å². The molecule has 0 unspecified atom stereocenters. The summed E-state index contributed by atoms with van der Waals surface area (Å²) in [5.74, 6) is -1.56. The average Bonchev–Trinajstić information content (AvgIpc) is 2.74. The number of carbonyl (C=O) groups is 2. The normalized spacial score (nSPS) is 11.8. The Labute approximate surface area is 175 Å². The van der Waals surface area contributed by atoms with Crippen molar-refractivity contribution in [1.29, 1.82) is 0 Å². The predicted octanol–water partition coefficient (Wildman–Crippen LogP) is 5.38. The van der Waals surface area contributed by atoms with Crippen LogP contribution in [0.15, 0.2) is 78.9 Å². The lowest BCUT2D eigenvalue weighted by Crippen LogP contribution is -2.25. The highest BCUT2D eigenvalue weighted by molar-refractivity contribution is 5.98. The van der Waals surface area contributed by atoms with Crippen molar-refractivity contribution in [2.24, 2.45) is 0 Å². The van der Waals surface area contributed by atoms with Crippen molar-refractivity contribution in [3.8, 4) is 0 Å². The first-order chi connectivity index (χ1) is 14.4. The molecule has 30 heavy (non-hydrogen) atoms. The van der Waals surface area contributed by atoms with E-state index in [-0.39, 0.29) is 0 Å². The number of ether oxygens (including phenoxy) is 1. The standard InChI is InChI=1S/C25H22FNO3/c1-17-11-12-18(2)22(15-17)27-25(29)24(20-8-4-3-5-9-20)30-23(28)14-13-19-7-6-10-21(26)16-19/h3-16,24H,1-2H3,(H,27,29)/b14-13+/t24-/m0/s1. The van der Waals surface area contributed by atoms with Gasteiger partial charge in [0.1, 0.15) is 5.82 Å². The third kappa shape index (κ3) is 5.64. The van der Waals surface area contributed by atoms with E-state index in [1.165, 1.54) is 24.3 Å². The number of hydrogen-bond acceptors (Lipinski definition) is 3. The molecule has 0 fully saturated rings. The lowest BCUT2D eigenvalue weighted by atomic mass is 10.1. The van der Waals surface area contributed by atoms with Gasteiger partial charge in [-0.2, -0.15) is 0 Å². The summed E-state index contributed by atoms with van der Waals surface area (Å²) in [6.45, 7) is 3.82. The van der Waals surface area contributed by atoms with Crippen molar-refractivity contribution in [2.45, 2.75) is 20.0 Å². The highest BCUT2D eigenvalue weighted by Gasteiger charge is 2.24. The number of nitrogens with one attached hydrogen (secondary N) is 1. The molecule has 4 nitrogen and oxygen atoms in total. The summed E-state index contributed by atoms with van der Waals surface area (Å²) in [5.41, 5.74) is 3.63. The van der Waals surface area contributed by atoms with E-state index in [4.69, 9.17) is 4.74 Å². The van der Waals surface area contributed by atoms with E-state index in [2.05, 4.69) is 5.32 Å². The monoisotopic (exact) mass is 403 g/mol.